The van der Waals surface area contributed by atoms with Crippen LogP contribution in [0.2, 0.25) is 0 Å². The molecule has 2 aromatic rings. The smallest absolute Gasteiger partial charge is 0.116 e. The first-order valence-electron chi connectivity index (χ1n) is 3.54. The molecule has 0 spiro atoms. The minimum Gasteiger partial charge on any atom is -0.252 e. The second-order valence-corrected chi connectivity index (χ2v) is 3.04. The van der Waals surface area contributed by atoms with Crippen molar-refractivity contribution in [3.63, 3.8) is 0 Å². The van der Waals surface area contributed by atoms with E-state index in [4.69, 9.17) is 0 Å². The summed E-state index contributed by atoms with van der Waals surface area (Å²) >= 11 is 4.17. The first kappa shape index (κ1) is 7.49. The van der Waals surface area contributed by atoms with Gasteiger partial charge in [-0.1, -0.05) is 0 Å². The Morgan fingerprint density at radius 3 is 2.92 bits per heavy atom. The predicted molar refractivity (Wildman–Crippen MR) is 49.3 cm³/mol. The summed E-state index contributed by atoms with van der Waals surface area (Å²) in [7, 11) is 0. The molecule has 0 amide bonds. The second kappa shape index (κ2) is 2.71. The zero-order valence-corrected chi connectivity index (χ0v) is 7.42. The van der Waals surface area contributed by atoms with Crippen molar-refractivity contribution in [2.75, 3.05) is 0 Å². The molecule has 0 unspecified atom stereocenters. The van der Waals surface area contributed by atoms with Crippen LogP contribution >= 0.6 is 12.6 Å². The van der Waals surface area contributed by atoms with E-state index in [-0.39, 0.29) is 0 Å². The standard InChI is InChI=1S/C8H7N3S/c1-5-8-7(11-4-10-5)2-6(12)3-9-8/h2-4,12H,1H3. The average molecular weight is 177 g/mol. The minimum atomic E-state index is 0.820. The Morgan fingerprint density at radius 1 is 1.25 bits per heavy atom. The van der Waals surface area contributed by atoms with Crippen molar-refractivity contribution in [2.24, 2.45) is 0 Å². The molecule has 0 aliphatic rings. The molecule has 0 aliphatic heterocycles. The first-order chi connectivity index (χ1) is 5.77. The Balaban J connectivity index is 2.86. The molecule has 0 aliphatic carbocycles. The van der Waals surface area contributed by atoms with Gasteiger partial charge < -0.3 is 0 Å². The number of aromatic nitrogens is 3. The van der Waals surface area contributed by atoms with Gasteiger partial charge in [-0.05, 0) is 13.0 Å². The Bertz CT molecular complexity index is 428. The third-order valence-corrected chi connectivity index (χ3v) is 1.89. The van der Waals surface area contributed by atoms with Gasteiger partial charge in [0.05, 0.1) is 11.2 Å². The van der Waals surface area contributed by atoms with Crippen LogP contribution in [0.25, 0.3) is 11.0 Å². The summed E-state index contributed by atoms with van der Waals surface area (Å²) in [6.07, 6.45) is 3.23. The van der Waals surface area contributed by atoms with Gasteiger partial charge in [0.15, 0.2) is 0 Å². The zero-order valence-electron chi connectivity index (χ0n) is 6.52. The van der Waals surface area contributed by atoms with Crippen molar-refractivity contribution < 1.29 is 0 Å². The number of thiol groups is 1. The molecule has 0 radical (unpaired) electrons. The van der Waals surface area contributed by atoms with E-state index in [0.29, 0.717) is 0 Å². The highest BCUT2D eigenvalue weighted by Gasteiger charge is 1.99. The molecular formula is C8H7N3S. The van der Waals surface area contributed by atoms with Gasteiger partial charge in [-0.15, -0.1) is 12.6 Å². The number of hydrogen-bond acceptors (Lipinski definition) is 4. The first-order valence-corrected chi connectivity index (χ1v) is 3.98. The monoisotopic (exact) mass is 177 g/mol. The fourth-order valence-corrected chi connectivity index (χ4v) is 1.24. The van der Waals surface area contributed by atoms with Crippen molar-refractivity contribution in [2.45, 2.75) is 11.8 Å². The van der Waals surface area contributed by atoms with Gasteiger partial charge in [-0.25, -0.2) is 9.97 Å². The second-order valence-electron chi connectivity index (χ2n) is 2.52. The van der Waals surface area contributed by atoms with Crippen LogP contribution in [0.3, 0.4) is 0 Å². The lowest BCUT2D eigenvalue weighted by Crippen LogP contribution is -1.89. The van der Waals surface area contributed by atoms with Crippen molar-refractivity contribution in [3.05, 3.63) is 24.3 Å². The molecule has 0 saturated carbocycles. The van der Waals surface area contributed by atoms with E-state index in [1.54, 1.807) is 6.20 Å². The molecule has 0 bridgehead atoms. The SMILES string of the molecule is Cc1ncnc2cc(S)cnc12. The maximum Gasteiger partial charge on any atom is 0.116 e. The van der Waals surface area contributed by atoms with Crippen LogP contribution < -0.4 is 0 Å². The molecule has 0 fully saturated rings. The van der Waals surface area contributed by atoms with Crippen LogP contribution in [-0.2, 0) is 0 Å². The van der Waals surface area contributed by atoms with Crippen molar-refractivity contribution in [3.8, 4) is 0 Å². The van der Waals surface area contributed by atoms with Gasteiger partial charge in [0.25, 0.3) is 0 Å². The van der Waals surface area contributed by atoms with Crippen LogP contribution in [0.4, 0.5) is 0 Å². The summed E-state index contributed by atoms with van der Waals surface area (Å²) in [5.41, 5.74) is 2.58. The molecule has 0 N–H and O–H groups in total. The lowest BCUT2D eigenvalue weighted by Gasteiger charge is -1.98. The fourth-order valence-electron chi connectivity index (χ4n) is 1.06. The summed E-state index contributed by atoms with van der Waals surface area (Å²) < 4.78 is 0. The van der Waals surface area contributed by atoms with E-state index in [2.05, 4.69) is 27.6 Å². The maximum atomic E-state index is 4.18. The van der Waals surface area contributed by atoms with Crippen molar-refractivity contribution in [1.29, 1.82) is 0 Å². The van der Waals surface area contributed by atoms with E-state index < -0.39 is 0 Å². The fraction of sp³-hybridized carbons (Fsp3) is 0.125. The number of fused-ring (bicyclic) bond motifs is 1. The number of aryl methyl sites for hydroxylation is 1. The molecule has 3 nitrogen and oxygen atoms in total. The number of nitrogens with zero attached hydrogens (tertiary/aromatic N) is 3. The van der Waals surface area contributed by atoms with Crippen LogP contribution in [-0.4, -0.2) is 15.0 Å². The van der Waals surface area contributed by atoms with Crippen LogP contribution in [0, 0.1) is 6.92 Å². The van der Waals surface area contributed by atoms with E-state index in [0.717, 1.165) is 21.6 Å². The van der Waals surface area contributed by atoms with Gasteiger partial charge in [0, 0.05) is 11.1 Å². The molecule has 12 heavy (non-hydrogen) atoms. The summed E-state index contributed by atoms with van der Waals surface area (Å²) in [5, 5.41) is 0. The summed E-state index contributed by atoms with van der Waals surface area (Å²) in [6.45, 7) is 1.91. The summed E-state index contributed by atoms with van der Waals surface area (Å²) in [5.74, 6) is 0. The van der Waals surface area contributed by atoms with Gasteiger partial charge in [-0.3, -0.25) is 4.98 Å². The Hall–Kier alpha value is -1.16. The molecule has 2 rings (SSSR count). The average Bonchev–Trinajstić information content (AvgIpc) is 2.04. The highest BCUT2D eigenvalue weighted by Crippen LogP contribution is 2.14. The van der Waals surface area contributed by atoms with Gasteiger partial charge in [0.2, 0.25) is 0 Å². The van der Waals surface area contributed by atoms with Gasteiger partial charge >= 0.3 is 0 Å². The van der Waals surface area contributed by atoms with E-state index in [9.17, 15) is 0 Å². The molecule has 0 aromatic carbocycles. The lowest BCUT2D eigenvalue weighted by atomic mass is 10.3. The third kappa shape index (κ3) is 1.14. The van der Waals surface area contributed by atoms with E-state index in [1.807, 2.05) is 13.0 Å². The number of rotatable bonds is 0. The Morgan fingerprint density at radius 2 is 2.08 bits per heavy atom. The predicted octanol–water partition coefficient (Wildman–Crippen LogP) is 1.62. The Labute approximate surface area is 75.3 Å². The van der Waals surface area contributed by atoms with E-state index >= 15 is 0 Å². The quantitative estimate of drug-likeness (QED) is 0.621. The minimum absolute atomic E-state index is 0.820. The van der Waals surface area contributed by atoms with E-state index in [1.165, 1.54) is 6.33 Å². The van der Waals surface area contributed by atoms with Crippen LogP contribution in [0.1, 0.15) is 5.69 Å². The largest absolute Gasteiger partial charge is 0.252 e. The summed E-state index contributed by atoms with van der Waals surface area (Å²) in [4.78, 5) is 13.1. The van der Waals surface area contributed by atoms with Crippen LogP contribution in [0.5, 0.6) is 0 Å². The van der Waals surface area contributed by atoms with Crippen molar-refractivity contribution >= 4 is 23.7 Å². The molecule has 0 atom stereocenters. The molecule has 0 saturated heterocycles. The highest BCUT2D eigenvalue weighted by molar-refractivity contribution is 7.80. The molecule has 2 heterocycles. The number of pyridine rings is 1. The summed E-state index contributed by atoms with van der Waals surface area (Å²) in [6, 6.07) is 1.88. The molecule has 60 valence electrons. The Kier molecular flexibility index (Phi) is 1.69. The maximum absolute atomic E-state index is 4.18. The topological polar surface area (TPSA) is 38.7 Å². The third-order valence-electron chi connectivity index (χ3n) is 1.64. The van der Waals surface area contributed by atoms with Gasteiger partial charge in [0.1, 0.15) is 11.8 Å². The molecule has 4 heteroatoms. The van der Waals surface area contributed by atoms with Crippen molar-refractivity contribution in [1.82, 2.24) is 15.0 Å². The molecular weight excluding hydrogens is 170 g/mol. The van der Waals surface area contributed by atoms with Gasteiger partial charge in [-0.2, -0.15) is 0 Å². The molecule has 2 aromatic heterocycles. The number of hydrogen-bond donors (Lipinski definition) is 1. The normalized spacial score (nSPS) is 10.5. The lowest BCUT2D eigenvalue weighted by molar-refractivity contribution is 1.12. The van der Waals surface area contributed by atoms with Crippen LogP contribution in [0.15, 0.2) is 23.5 Å². The zero-order chi connectivity index (χ0) is 8.55. The highest BCUT2D eigenvalue weighted by atomic mass is 32.1.